The van der Waals surface area contributed by atoms with Gasteiger partial charge in [-0.3, -0.25) is 0 Å². The number of anilines is 1. The minimum Gasteiger partial charge on any atom is -0.472 e. The highest BCUT2D eigenvalue weighted by Crippen LogP contribution is 2.22. The van der Waals surface area contributed by atoms with E-state index in [1.165, 1.54) is 0 Å². The molecular formula is C14H16BrN3O. The number of rotatable bonds is 4. The first-order valence-electron chi connectivity index (χ1n) is 6.00. The third kappa shape index (κ3) is 3.44. The van der Waals surface area contributed by atoms with Crippen LogP contribution in [0.1, 0.15) is 17.0 Å². The van der Waals surface area contributed by atoms with Crippen LogP contribution in [0.5, 0.6) is 5.88 Å². The lowest BCUT2D eigenvalue weighted by atomic mass is 10.2. The molecule has 0 unspecified atom stereocenters. The fourth-order valence-electron chi connectivity index (χ4n) is 1.77. The summed E-state index contributed by atoms with van der Waals surface area (Å²) in [5.41, 5.74) is 2.01. The van der Waals surface area contributed by atoms with Crippen molar-refractivity contribution in [3.63, 3.8) is 0 Å². The maximum absolute atomic E-state index is 5.79. The van der Waals surface area contributed by atoms with Gasteiger partial charge in [0.15, 0.2) is 0 Å². The van der Waals surface area contributed by atoms with Gasteiger partial charge in [0.1, 0.15) is 18.2 Å². The number of nitrogens with one attached hydrogen (secondary N) is 1. The molecule has 1 N–H and O–H groups in total. The number of hydrogen-bond donors (Lipinski definition) is 1. The second-order valence-corrected chi connectivity index (χ2v) is 5.13. The van der Waals surface area contributed by atoms with Gasteiger partial charge in [-0.1, -0.05) is 28.1 Å². The fraction of sp³-hybridized carbons (Fsp3) is 0.286. The van der Waals surface area contributed by atoms with Crippen molar-refractivity contribution in [1.82, 2.24) is 9.97 Å². The van der Waals surface area contributed by atoms with Crippen molar-refractivity contribution in [2.45, 2.75) is 20.5 Å². The van der Waals surface area contributed by atoms with Gasteiger partial charge in [0.05, 0.1) is 5.56 Å². The fourth-order valence-corrected chi connectivity index (χ4v) is 2.21. The van der Waals surface area contributed by atoms with Gasteiger partial charge in [0.25, 0.3) is 0 Å². The Morgan fingerprint density at radius 3 is 2.74 bits per heavy atom. The Kier molecular flexibility index (Phi) is 4.37. The second-order valence-electron chi connectivity index (χ2n) is 4.22. The predicted octanol–water partition coefficient (Wildman–Crippen LogP) is 3.48. The van der Waals surface area contributed by atoms with Gasteiger partial charge in [-0.15, -0.1) is 0 Å². The molecule has 1 aromatic heterocycles. The van der Waals surface area contributed by atoms with E-state index in [9.17, 15) is 0 Å². The molecule has 0 saturated carbocycles. The van der Waals surface area contributed by atoms with Crippen LogP contribution in [0.3, 0.4) is 0 Å². The first kappa shape index (κ1) is 13.8. The van der Waals surface area contributed by atoms with Gasteiger partial charge in [-0.2, -0.15) is 4.98 Å². The zero-order chi connectivity index (χ0) is 13.8. The molecule has 100 valence electrons. The Bertz CT molecular complexity index is 587. The summed E-state index contributed by atoms with van der Waals surface area (Å²) in [7, 11) is 1.84. The smallest absolute Gasteiger partial charge is 0.222 e. The normalized spacial score (nSPS) is 10.3. The molecule has 0 aliphatic heterocycles. The standard InChI is InChI=1S/C14H16BrN3O/c1-9-13(16-3)17-10(2)18-14(9)19-8-11-5-4-6-12(15)7-11/h4-7H,8H2,1-3H3,(H,16,17,18). The van der Waals surface area contributed by atoms with Gasteiger partial charge in [0, 0.05) is 11.5 Å². The van der Waals surface area contributed by atoms with Crippen LogP contribution in [0.25, 0.3) is 0 Å². The molecule has 0 aliphatic carbocycles. The second kappa shape index (κ2) is 6.02. The number of halogens is 1. The molecule has 0 bridgehead atoms. The summed E-state index contributed by atoms with van der Waals surface area (Å²) in [5.74, 6) is 2.12. The van der Waals surface area contributed by atoms with Gasteiger partial charge < -0.3 is 10.1 Å². The average Bonchev–Trinajstić information content (AvgIpc) is 2.39. The molecule has 0 amide bonds. The van der Waals surface area contributed by atoms with Crippen molar-refractivity contribution < 1.29 is 4.74 Å². The molecule has 0 radical (unpaired) electrons. The van der Waals surface area contributed by atoms with Gasteiger partial charge in [-0.05, 0) is 31.5 Å². The highest BCUT2D eigenvalue weighted by molar-refractivity contribution is 9.10. The SMILES string of the molecule is CNc1nc(C)nc(OCc2cccc(Br)c2)c1C. The molecule has 4 nitrogen and oxygen atoms in total. The largest absolute Gasteiger partial charge is 0.472 e. The number of ether oxygens (including phenoxy) is 1. The Balaban J connectivity index is 2.17. The van der Waals surface area contributed by atoms with Crippen molar-refractivity contribution in [1.29, 1.82) is 0 Å². The minimum absolute atomic E-state index is 0.486. The highest BCUT2D eigenvalue weighted by atomic mass is 79.9. The third-order valence-electron chi connectivity index (χ3n) is 2.71. The predicted molar refractivity (Wildman–Crippen MR) is 79.5 cm³/mol. The Morgan fingerprint density at radius 1 is 1.26 bits per heavy atom. The molecule has 5 heteroatoms. The van der Waals surface area contributed by atoms with Crippen LogP contribution < -0.4 is 10.1 Å². The molecule has 1 aromatic carbocycles. The zero-order valence-electron chi connectivity index (χ0n) is 11.2. The maximum atomic E-state index is 5.79. The van der Waals surface area contributed by atoms with Crippen molar-refractivity contribution in [3.8, 4) is 5.88 Å². The van der Waals surface area contributed by atoms with Crippen LogP contribution >= 0.6 is 15.9 Å². The van der Waals surface area contributed by atoms with E-state index in [0.717, 1.165) is 21.4 Å². The monoisotopic (exact) mass is 321 g/mol. The van der Waals surface area contributed by atoms with E-state index >= 15 is 0 Å². The van der Waals surface area contributed by atoms with Crippen molar-refractivity contribution in [2.24, 2.45) is 0 Å². The first-order valence-corrected chi connectivity index (χ1v) is 6.79. The molecule has 2 rings (SSSR count). The summed E-state index contributed by atoms with van der Waals surface area (Å²) >= 11 is 3.45. The Labute approximate surface area is 121 Å². The van der Waals surface area contributed by atoms with E-state index in [1.807, 2.05) is 45.2 Å². The quantitative estimate of drug-likeness (QED) is 0.936. The van der Waals surface area contributed by atoms with Crippen LogP contribution in [0.2, 0.25) is 0 Å². The van der Waals surface area contributed by atoms with Crippen molar-refractivity contribution >= 4 is 21.7 Å². The number of aryl methyl sites for hydroxylation is 1. The lowest BCUT2D eigenvalue weighted by Gasteiger charge is -2.12. The van der Waals surface area contributed by atoms with Crippen molar-refractivity contribution in [3.05, 3.63) is 45.7 Å². The number of aromatic nitrogens is 2. The average molecular weight is 322 g/mol. The Morgan fingerprint density at radius 2 is 2.05 bits per heavy atom. The zero-order valence-corrected chi connectivity index (χ0v) is 12.8. The highest BCUT2D eigenvalue weighted by Gasteiger charge is 2.09. The molecule has 0 spiro atoms. The van der Waals surface area contributed by atoms with E-state index in [2.05, 4.69) is 31.2 Å². The minimum atomic E-state index is 0.486. The van der Waals surface area contributed by atoms with Gasteiger partial charge >= 0.3 is 0 Å². The summed E-state index contributed by atoms with van der Waals surface area (Å²) < 4.78 is 6.83. The number of hydrogen-bond acceptors (Lipinski definition) is 4. The van der Waals surface area contributed by atoms with E-state index in [1.54, 1.807) is 0 Å². The topological polar surface area (TPSA) is 47.0 Å². The van der Waals surface area contributed by atoms with Crippen LogP contribution in [0.4, 0.5) is 5.82 Å². The van der Waals surface area contributed by atoms with E-state index < -0.39 is 0 Å². The van der Waals surface area contributed by atoms with E-state index in [-0.39, 0.29) is 0 Å². The summed E-state index contributed by atoms with van der Waals surface area (Å²) in [6.45, 7) is 4.29. The number of benzene rings is 1. The first-order chi connectivity index (χ1) is 9.10. The van der Waals surface area contributed by atoms with E-state index in [0.29, 0.717) is 18.3 Å². The molecule has 1 heterocycles. The lowest BCUT2D eigenvalue weighted by Crippen LogP contribution is -2.05. The summed E-state index contributed by atoms with van der Waals surface area (Å²) in [5, 5.41) is 3.05. The summed E-state index contributed by atoms with van der Waals surface area (Å²) in [6, 6.07) is 8.03. The molecule has 0 aliphatic rings. The Hall–Kier alpha value is -1.62. The maximum Gasteiger partial charge on any atom is 0.222 e. The van der Waals surface area contributed by atoms with Gasteiger partial charge in [0.2, 0.25) is 5.88 Å². The molecule has 19 heavy (non-hydrogen) atoms. The summed E-state index contributed by atoms with van der Waals surface area (Å²) in [4.78, 5) is 8.65. The van der Waals surface area contributed by atoms with E-state index in [4.69, 9.17) is 4.74 Å². The lowest BCUT2D eigenvalue weighted by molar-refractivity contribution is 0.290. The molecule has 0 atom stereocenters. The van der Waals surface area contributed by atoms with Gasteiger partial charge in [-0.25, -0.2) is 4.98 Å². The van der Waals surface area contributed by atoms with Crippen molar-refractivity contribution in [2.75, 3.05) is 12.4 Å². The number of nitrogens with zero attached hydrogens (tertiary/aromatic N) is 2. The molecule has 0 fully saturated rings. The van der Waals surface area contributed by atoms with Crippen LogP contribution in [-0.2, 0) is 6.61 Å². The molecular weight excluding hydrogens is 306 g/mol. The van der Waals surface area contributed by atoms with Crippen LogP contribution in [0, 0.1) is 13.8 Å². The molecule has 0 saturated heterocycles. The van der Waals surface area contributed by atoms with Crippen LogP contribution in [0.15, 0.2) is 28.7 Å². The molecule has 2 aromatic rings. The third-order valence-corrected chi connectivity index (χ3v) is 3.21. The van der Waals surface area contributed by atoms with Crippen LogP contribution in [-0.4, -0.2) is 17.0 Å². The summed E-state index contributed by atoms with van der Waals surface area (Å²) in [6.07, 6.45) is 0.